The Hall–Kier alpha value is -1.70. The van der Waals surface area contributed by atoms with Crippen LogP contribution in [0.5, 0.6) is 0 Å². The molecule has 0 unspecified atom stereocenters. The molecule has 21 heavy (non-hydrogen) atoms. The molecule has 0 atom stereocenters. The Balaban J connectivity index is 1.54. The van der Waals surface area contributed by atoms with Gasteiger partial charge in [-0.25, -0.2) is 0 Å². The molecule has 2 heteroatoms. The Kier molecular flexibility index (Phi) is 6.39. The summed E-state index contributed by atoms with van der Waals surface area (Å²) >= 11 is 0. The number of unbranched alkanes of at least 4 members (excludes halogenated alkanes) is 4. The molecule has 0 saturated carbocycles. The fraction of sp³-hybridized carbons (Fsp3) is 0.474. The minimum atomic E-state index is 1.11. The van der Waals surface area contributed by atoms with Crippen LogP contribution in [0.3, 0.4) is 0 Å². The van der Waals surface area contributed by atoms with E-state index in [0.717, 1.165) is 24.2 Å². The first-order valence-electron chi connectivity index (χ1n) is 8.09. The minimum absolute atomic E-state index is 1.11. The number of rotatable bonds is 8. The van der Waals surface area contributed by atoms with Crippen molar-refractivity contribution in [3.63, 3.8) is 0 Å². The van der Waals surface area contributed by atoms with E-state index < -0.39 is 0 Å². The molecule has 0 aromatic carbocycles. The number of hydrogen-bond donors (Lipinski definition) is 0. The molecule has 2 nitrogen and oxygen atoms in total. The van der Waals surface area contributed by atoms with Crippen LogP contribution in [0.4, 0.5) is 0 Å². The van der Waals surface area contributed by atoms with Gasteiger partial charge in [-0.3, -0.25) is 9.97 Å². The number of aryl methyl sites for hydroxylation is 4. The third-order valence-corrected chi connectivity index (χ3v) is 3.76. The van der Waals surface area contributed by atoms with E-state index in [-0.39, 0.29) is 0 Å². The van der Waals surface area contributed by atoms with E-state index in [1.54, 1.807) is 0 Å². The fourth-order valence-electron chi connectivity index (χ4n) is 2.62. The van der Waals surface area contributed by atoms with E-state index in [1.165, 1.54) is 43.5 Å². The van der Waals surface area contributed by atoms with E-state index in [2.05, 4.69) is 60.2 Å². The van der Waals surface area contributed by atoms with Gasteiger partial charge in [0.1, 0.15) is 0 Å². The van der Waals surface area contributed by atoms with Crippen molar-refractivity contribution in [1.82, 2.24) is 9.97 Å². The Labute approximate surface area is 128 Å². The van der Waals surface area contributed by atoms with Crippen LogP contribution in [0.2, 0.25) is 0 Å². The lowest BCUT2D eigenvalue weighted by Crippen LogP contribution is -1.93. The summed E-state index contributed by atoms with van der Waals surface area (Å²) in [7, 11) is 0. The molecular weight excluding hydrogens is 256 g/mol. The number of hydrogen-bond acceptors (Lipinski definition) is 2. The third kappa shape index (κ3) is 6.07. The summed E-state index contributed by atoms with van der Waals surface area (Å²) in [5, 5.41) is 0. The lowest BCUT2D eigenvalue weighted by molar-refractivity contribution is 0.607. The topological polar surface area (TPSA) is 25.8 Å². The number of pyridine rings is 2. The van der Waals surface area contributed by atoms with Crippen molar-refractivity contribution in [3.05, 3.63) is 59.2 Å². The highest BCUT2D eigenvalue weighted by molar-refractivity contribution is 5.10. The summed E-state index contributed by atoms with van der Waals surface area (Å²) in [6, 6.07) is 12.6. The van der Waals surface area contributed by atoms with Gasteiger partial charge in [-0.2, -0.15) is 0 Å². The molecule has 0 aliphatic rings. The van der Waals surface area contributed by atoms with Crippen LogP contribution in [0, 0.1) is 13.8 Å². The van der Waals surface area contributed by atoms with Gasteiger partial charge in [0.25, 0.3) is 0 Å². The average Bonchev–Trinajstić information content (AvgIpc) is 2.46. The van der Waals surface area contributed by atoms with E-state index in [0.29, 0.717) is 0 Å². The van der Waals surface area contributed by atoms with Gasteiger partial charge in [0.05, 0.1) is 0 Å². The first kappa shape index (κ1) is 15.7. The van der Waals surface area contributed by atoms with Crippen molar-refractivity contribution in [1.29, 1.82) is 0 Å². The van der Waals surface area contributed by atoms with E-state index in [9.17, 15) is 0 Å². The van der Waals surface area contributed by atoms with Crippen LogP contribution >= 0.6 is 0 Å². The van der Waals surface area contributed by atoms with Crippen LogP contribution in [0.1, 0.15) is 54.9 Å². The van der Waals surface area contributed by atoms with Crippen molar-refractivity contribution in [2.24, 2.45) is 0 Å². The Morgan fingerprint density at radius 1 is 0.619 bits per heavy atom. The van der Waals surface area contributed by atoms with Crippen molar-refractivity contribution >= 4 is 0 Å². The summed E-state index contributed by atoms with van der Waals surface area (Å²) < 4.78 is 0. The zero-order valence-electron chi connectivity index (χ0n) is 13.3. The maximum Gasteiger partial charge on any atom is 0.0406 e. The van der Waals surface area contributed by atoms with Crippen molar-refractivity contribution in [2.75, 3.05) is 0 Å². The molecule has 0 aliphatic carbocycles. The van der Waals surface area contributed by atoms with Crippen LogP contribution in [0.25, 0.3) is 0 Å². The molecule has 2 heterocycles. The van der Waals surface area contributed by atoms with E-state index in [1.807, 2.05) is 0 Å². The molecule has 0 bridgehead atoms. The predicted octanol–water partition coefficient (Wildman–Crippen LogP) is 4.83. The lowest BCUT2D eigenvalue weighted by Gasteiger charge is -2.04. The zero-order valence-corrected chi connectivity index (χ0v) is 13.3. The minimum Gasteiger partial charge on any atom is -0.258 e. The second kappa shape index (κ2) is 8.56. The smallest absolute Gasteiger partial charge is 0.0406 e. The van der Waals surface area contributed by atoms with Gasteiger partial charge >= 0.3 is 0 Å². The van der Waals surface area contributed by atoms with Crippen molar-refractivity contribution < 1.29 is 0 Å². The van der Waals surface area contributed by atoms with Gasteiger partial charge in [0.2, 0.25) is 0 Å². The Bertz CT molecular complexity index is 499. The van der Waals surface area contributed by atoms with Crippen molar-refractivity contribution in [2.45, 2.75) is 58.8 Å². The monoisotopic (exact) mass is 282 g/mol. The summed E-state index contributed by atoms with van der Waals surface area (Å²) in [6.07, 6.45) is 8.64. The first-order valence-corrected chi connectivity index (χ1v) is 8.09. The van der Waals surface area contributed by atoms with Crippen molar-refractivity contribution in [3.8, 4) is 0 Å². The first-order chi connectivity index (χ1) is 10.2. The number of nitrogens with zero attached hydrogens (tertiary/aromatic N) is 2. The lowest BCUT2D eigenvalue weighted by atomic mass is 10.1. The third-order valence-electron chi connectivity index (χ3n) is 3.76. The number of aromatic nitrogens is 2. The molecule has 0 saturated heterocycles. The highest BCUT2D eigenvalue weighted by atomic mass is 14.7. The van der Waals surface area contributed by atoms with Gasteiger partial charge in [-0.15, -0.1) is 0 Å². The Morgan fingerprint density at radius 2 is 1.05 bits per heavy atom. The van der Waals surface area contributed by atoms with Gasteiger partial charge in [-0.05, 0) is 63.8 Å². The highest BCUT2D eigenvalue weighted by Gasteiger charge is 1.98. The molecular formula is C19H26N2. The van der Waals surface area contributed by atoms with Gasteiger partial charge in [0.15, 0.2) is 0 Å². The standard InChI is InChI=1S/C19H26N2/c1-16-10-8-14-18(20-16)12-6-4-3-5-7-13-19-15-9-11-17(2)21-19/h8-11,14-15H,3-7,12-13H2,1-2H3. The molecule has 112 valence electrons. The molecule has 0 N–H and O–H groups in total. The molecule has 0 spiro atoms. The molecule has 2 rings (SSSR count). The van der Waals surface area contributed by atoms with Crippen LogP contribution in [0.15, 0.2) is 36.4 Å². The average molecular weight is 282 g/mol. The van der Waals surface area contributed by atoms with Crippen LogP contribution in [-0.2, 0) is 12.8 Å². The van der Waals surface area contributed by atoms with Gasteiger partial charge < -0.3 is 0 Å². The molecule has 0 aliphatic heterocycles. The predicted molar refractivity (Wildman–Crippen MR) is 88.4 cm³/mol. The summed E-state index contributed by atoms with van der Waals surface area (Å²) in [5.74, 6) is 0. The summed E-state index contributed by atoms with van der Waals surface area (Å²) in [4.78, 5) is 9.09. The maximum atomic E-state index is 4.55. The normalized spacial score (nSPS) is 10.8. The second-order valence-corrected chi connectivity index (χ2v) is 5.81. The summed E-state index contributed by atoms with van der Waals surface area (Å²) in [6.45, 7) is 4.12. The highest BCUT2D eigenvalue weighted by Crippen LogP contribution is 2.10. The second-order valence-electron chi connectivity index (χ2n) is 5.81. The molecule has 0 fully saturated rings. The maximum absolute atomic E-state index is 4.55. The largest absolute Gasteiger partial charge is 0.258 e. The molecule has 0 amide bonds. The summed E-state index contributed by atoms with van der Waals surface area (Å²) in [5.41, 5.74) is 4.72. The van der Waals surface area contributed by atoms with Gasteiger partial charge in [-0.1, -0.05) is 31.4 Å². The van der Waals surface area contributed by atoms with Crippen LogP contribution < -0.4 is 0 Å². The van der Waals surface area contributed by atoms with Gasteiger partial charge in [0, 0.05) is 22.8 Å². The van der Waals surface area contributed by atoms with Crippen LogP contribution in [-0.4, -0.2) is 9.97 Å². The molecule has 0 radical (unpaired) electrons. The molecule has 2 aromatic rings. The van der Waals surface area contributed by atoms with E-state index >= 15 is 0 Å². The molecule has 2 aromatic heterocycles. The zero-order chi connectivity index (χ0) is 14.9. The Morgan fingerprint density at radius 3 is 1.48 bits per heavy atom. The fourth-order valence-corrected chi connectivity index (χ4v) is 2.62. The quantitative estimate of drug-likeness (QED) is 0.648. The van der Waals surface area contributed by atoms with E-state index in [4.69, 9.17) is 0 Å². The SMILES string of the molecule is Cc1cccc(CCCCCCCc2cccc(C)n2)n1.